The van der Waals surface area contributed by atoms with Gasteiger partial charge in [-0.3, -0.25) is 14.9 Å². The Morgan fingerprint density at radius 2 is 1.72 bits per heavy atom. The van der Waals surface area contributed by atoms with Crippen LogP contribution in [0.1, 0.15) is 17.2 Å². The number of benzene rings is 1. The van der Waals surface area contributed by atoms with Crippen molar-refractivity contribution in [2.75, 3.05) is 0 Å². The first-order chi connectivity index (χ1) is 8.40. The molecule has 0 radical (unpaired) electrons. The number of carbonyl (C=O) groups is 2. The number of rotatable bonds is 2. The molecule has 0 bridgehead atoms. The van der Waals surface area contributed by atoms with Gasteiger partial charge in [0.05, 0.1) is 0 Å². The van der Waals surface area contributed by atoms with Crippen molar-refractivity contribution >= 4 is 11.9 Å². The lowest BCUT2D eigenvalue weighted by molar-refractivity contribution is -0.143. The molecule has 0 fully saturated rings. The van der Waals surface area contributed by atoms with E-state index >= 15 is 0 Å². The van der Waals surface area contributed by atoms with Gasteiger partial charge in [-0.1, -0.05) is 0 Å². The van der Waals surface area contributed by atoms with Crippen molar-refractivity contribution in [3.8, 4) is 11.5 Å². The number of fused-ring (bicyclic) bond motifs is 1. The molecule has 0 amide bonds. The van der Waals surface area contributed by atoms with E-state index in [0.717, 1.165) is 6.07 Å². The highest BCUT2D eigenvalue weighted by Gasteiger charge is 2.35. The van der Waals surface area contributed by atoms with Crippen molar-refractivity contribution in [1.82, 2.24) is 5.32 Å². The zero-order chi connectivity index (χ0) is 13.4. The van der Waals surface area contributed by atoms with Gasteiger partial charge in [-0.2, -0.15) is 0 Å². The number of aliphatic carboxylic acids is 2. The Morgan fingerprint density at radius 3 is 2.28 bits per heavy atom. The van der Waals surface area contributed by atoms with Crippen LogP contribution in [0.3, 0.4) is 0 Å². The van der Waals surface area contributed by atoms with E-state index in [1.165, 1.54) is 6.07 Å². The highest BCUT2D eigenvalue weighted by molar-refractivity contribution is 5.81. The lowest BCUT2D eigenvalue weighted by Gasteiger charge is -2.28. The van der Waals surface area contributed by atoms with Crippen molar-refractivity contribution < 1.29 is 30.0 Å². The fourth-order valence-corrected chi connectivity index (χ4v) is 2.01. The van der Waals surface area contributed by atoms with E-state index in [1.807, 2.05) is 0 Å². The van der Waals surface area contributed by atoms with Gasteiger partial charge in [-0.25, -0.2) is 0 Å². The molecule has 96 valence electrons. The van der Waals surface area contributed by atoms with Crippen LogP contribution in [-0.2, 0) is 16.0 Å². The molecule has 2 rings (SSSR count). The SMILES string of the molecule is O=C(O)[C@@H]1Cc2cc(O)c(O)cc2[C@H](C(=O)O)N1. The number of aromatic hydroxyl groups is 2. The van der Waals surface area contributed by atoms with Gasteiger partial charge in [-0.15, -0.1) is 0 Å². The number of carboxylic acid groups (broad SMARTS) is 2. The summed E-state index contributed by atoms with van der Waals surface area (Å²) in [6.45, 7) is 0. The normalized spacial score (nSPS) is 22.2. The number of hydrogen-bond acceptors (Lipinski definition) is 5. The lowest BCUT2D eigenvalue weighted by atomic mass is 9.89. The fraction of sp³-hybridized carbons (Fsp3) is 0.273. The molecule has 1 heterocycles. The average molecular weight is 253 g/mol. The summed E-state index contributed by atoms with van der Waals surface area (Å²) in [5.41, 5.74) is 0.652. The zero-order valence-corrected chi connectivity index (χ0v) is 9.12. The Bertz CT molecular complexity index is 527. The second-order valence-electron chi connectivity index (χ2n) is 4.07. The summed E-state index contributed by atoms with van der Waals surface area (Å²) in [5, 5.41) is 39.2. The van der Waals surface area contributed by atoms with Crippen LogP contribution in [0.4, 0.5) is 0 Å². The van der Waals surface area contributed by atoms with E-state index in [4.69, 9.17) is 10.2 Å². The molecule has 1 aromatic carbocycles. The third-order valence-corrected chi connectivity index (χ3v) is 2.88. The van der Waals surface area contributed by atoms with Crippen LogP contribution in [-0.4, -0.2) is 38.4 Å². The lowest BCUT2D eigenvalue weighted by Crippen LogP contribution is -2.47. The van der Waals surface area contributed by atoms with Gasteiger partial charge >= 0.3 is 11.9 Å². The molecular formula is C11H11NO6. The van der Waals surface area contributed by atoms with Crippen LogP contribution in [0.25, 0.3) is 0 Å². The van der Waals surface area contributed by atoms with E-state index in [1.54, 1.807) is 0 Å². The third-order valence-electron chi connectivity index (χ3n) is 2.88. The van der Waals surface area contributed by atoms with Crippen LogP contribution in [0.5, 0.6) is 11.5 Å². The molecule has 0 saturated heterocycles. The van der Waals surface area contributed by atoms with Crippen molar-refractivity contribution in [3.63, 3.8) is 0 Å². The van der Waals surface area contributed by atoms with Crippen LogP contribution < -0.4 is 5.32 Å². The summed E-state index contributed by atoms with van der Waals surface area (Å²) in [7, 11) is 0. The van der Waals surface area contributed by atoms with Crippen LogP contribution in [0, 0.1) is 0 Å². The van der Waals surface area contributed by atoms with Crippen molar-refractivity contribution in [2.45, 2.75) is 18.5 Å². The second kappa shape index (κ2) is 4.19. The molecular weight excluding hydrogens is 242 g/mol. The smallest absolute Gasteiger partial charge is 0.325 e. The zero-order valence-electron chi connectivity index (χ0n) is 9.12. The maximum absolute atomic E-state index is 11.1. The Kier molecular flexibility index (Phi) is 2.84. The fourth-order valence-electron chi connectivity index (χ4n) is 2.01. The third kappa shape index (κ3) is 1.95. The first-order valence-corrected chi connectivity index (χ1v) is 5.16. The molecule has 18 heavy (non-hydrogen) atoms. The van der Waals surface area contributed by atoms with Crippen molar-refractivity contribution in [2.24, 2.45) is 0 Å². The topological polar surface area (TPSA) is 127 Å². The molecule has 0 unspecified atom stereocenters. The monoisotopic (exact) mass is 253 g/mol. The molecule has 1 aliphatic rings. The van der Waals surface area contributed by atoms with Crippen LogP contribution in [0.2, 0.25) is 0 Å². The van der Waals surface area contributed by atoms with Gasteiger partial charge in [0.15, 0.2) is 11.5 Å². The van der Waals surface area contributed by atoms with E-state index < -0.39 is 35.5 Å². The first-order valence-electron chi connectivity index (χ1n) is 5.16. The molecule has 7 heteroatoms. The average Bonchev–Trinajstić information content (AvgIpc) is 2.29. The largest absolute Gasteiger partial charge is 0.504 e. The van der Waals surface area contributed by atoms with Crippen LogP contribution >= 0.6 is 0 Å². The van der Waals surface area contributed by atoms with Crippen molar-refractivity contribution in [3.05, 3.63) is 23.3 Å². The summed E-state index contributed by atoms with van der Waals surface area (Å²) < 4.78 is 0. The van der Waals surface area contributed by atoms with Crippen LogP contribution in [0.15, 0.2) is 12.1 Å². The maximum atomic E-state index is 11.1. The number of phenols is 2. The standard InChI is InChI=1S/C11H11NO6/c13-7-2-4-1-6(10(15)16)12-9(11(17)18)5(4)3-8(7)14/h2-3,6,9,12-14H,1H2,(H,15,16)(H,17,18)/t6-,9+/m0/s1. The number of phenolic OH excluding ortho intramolecular Hbond substituents is 2. The summed E-state index contributed by atoms with van der Waals surface area (Å²) in [4.78, 5) is 22.0. The van der Waals surface area contributed by atoms with Gasteiger partial charge in [-0.05, 0) is 29.7 Å². The molecule has 2 atom stereocenters. The summed E-state index contributed by atoms with van der Waals surface area (Å²) in [5.74, 6) is -3.24. The second-order valence-corrected chi connectivity index (χ2v) is 4.07. The minimum Gasteiger partial charge on any atom is -0.504 e. The maximum Gasteiger partial charge on any atom is 0.325 e. The minimum absolute atomic E-state index is 0.0439. The van der Waals surface area contributed by atoms with E-state index in [9.17, 15) is 19.8 Å². The molecule has 1 aliphatic heterocycles. The van der Waals surface area contributed by atoms with Gasteiger partial charge in [0.25, 0.3) is 0 Å². The van der Waals surface area contributed by atoms with E-state index in [-0.39, 0.29) is 12.0 Å². The summed E-state index contributed by atoms with van der Waals surface area (Å²) in [6.07, 6.45) is 0.0439. The van der Waals surface area contributed by atoms with Gasteiger partial charge in [0.2, 0.25) is 0 Å². The predicted octanol–water partition coefficient (Wildman–Crippen LogP) is -0.178. The quantitative estimate of drug-likeness (QED) is 0.463. The van der Waals surface area contributed by atoms with Gasteiger partial charge in [0, 0.05) is 0 Å². The molecule has 0 saturated carbocycles. The Balaban J connectivity index is 2.51. The summed E-state index contributed by atoms with van der Waals surface area (Å²) >= 11 is 0. The Morgan fingerprint density at radius 1 is 1.11 bits per heavy atom. The molecule has 1 aromatic rings. The highest BCUT2D eigenvalue weighted by atomic mass is 16.4. The van der Waals surface area contributed by atoms with E-state index in [2.05, 4.69) is 5.32 Å². The minimum atomic E-state index is -1.24. The molecule has 5 N–H and O–H groups in total. The van der Waals surface area contributed by atoms with Gasteiger partial charge < -0.3 is 20.4 Å². The molecule has 0 spiro atoms. The van der Waals surface area contributed by atoms with Crippen molar-refractivity contribution in [1.29, 1.82) is 0 Å². The molecule has 7 nitrogen and oxygen atoms in total. The Labute approximate surface area is 101 Å². The molecule has 0 aliphatic carbocycles. The highest BCUT2D eigenvalue weighted by Crippen LogP contribution is 2.34. The number of nitrogens with one attached hydrogen (secondary N) is 1. The molecule has 0 aromatic heterocycles. The Hall–Kier alpha value is -2.28. The number of hydrogen-bond donors (Lipinski definition) is 5. The van der Waals surface area contributed by atoms with Gasteiger partial charge in [0.1, 0.15) is 12.1 Å². The number of carboxylic acids is 2. The van der Waals surface area contributed by atoms with E-state index in [0.29, 0.717) is 5.56 Å². The summed E-state index contributed by atoms with van der Waals surface area (Å²) in [6, 6.07) is 0.0650. The first kappa shape index (κ1) is 12.2. The predicted molar refractivity (Wildman–Crippen MR) is 58.4 cm³/mol.